The Hall–Kier alpha value is -2.05. The molecule has 0 bridgehead atoms. The summed E-state index contributed by atoms with van der Waals surface area (Å²) in [4.78, 5) is 0. The van der Waals surface area contributed by atoms with E-state index in [1.54, 1.807) is 17.6 Å². The zero-order chi connectivity index (χ0) is 31.5. The molecule has 0 saturated carbocycles. The first-order chi connectivity index (χ1) is 20.6. The van der Waals surface area contributed by atoms with Crippen molar-refractivity contribution in [2.75, 3.05) is 0 Å². The Balaban J connectivity index is 0.00000208. The molecule has 0 heterocycles. The molecular weight excluding hydrogens is 679 g/mol. The van der Waals surface area contributed by atoms with E-state index in [0.29, 0.717) is 9.54 Å². The number of rotatable bonds is 3. The molecule has 7 rings (SSSR count). The zero-order valence-electron chi connectivity index (χ0n) is 29.4. The van der Waals surface area contributed by atoms with Crippen LogP contribution in [0.3, 0.4) is 0 Å². The fraction of sp³-hybridized carbons (Fsp3) is 0.372. The summed E-state index contributed by atoms with van der Waals surface area (Å²) in [6.07, 6.45) is 10.2. The van der Waals surface area contributed by atoms with Crippen molar-refractivity contribution >= 4 is 14.4 Å². The van der Waals surface area contributed by atoms with E-state index in [1.807, 2.05) is 0 Å². The van der Waals surface area contributed by atoms with Crippen LogP contribution in [0.2, 0.25) is 0 Å². The van der Waals surface area contributed by atoms with Crippen LogP contribution in [0.5, 0.6) is 0 Å². The number of hydrogen-bond acceptors (Lipinski definition) is 0. The van der Waals surface area contributed by atoms with Crippen LogP contribution in [0, 0.1) is 11.3 Å². The molecule has 0 saturated heterocycles. The first-order valence-electron chi connectivity index (χ1n) is 16.6. The second kappa shape index (κ2) is 11.8. The molecule has 0 amide bonds. The van der Waals surface area contributed by atoms with E-state index in [2.05, 4.69) is 155 Å². The molecule has 1 unspecified atom stereocenters. The van der Waals surface area contributed by atoms with E-state index in [9.17, 15) is 0 Å². The van der Waals surface area contributed by atoms with Gasteiger partial charge >= 0.3 is 275 Å². The Morgan fingerprint density at radius 1 is 0.717 bits per heavy atom. The summed E-state index contributed by atoms with van der Waals surface area (Å²) in [6.45, 7) is 26.3. The fourth-order valence-electron chi connectivity index (χ4n) is 8.71. The van der Waals surface area contributed by atoms with Gasteiger partial charge in [0.05, 0.1) is 0 Å². The predicted molar refractivity (Wildman–Crippen MR) is 188 cm³/mol. The Morgan fingerprint density at radius 2 is 1.20 bits per heavy atom. The molecule has 3 heteroatoms. The van der Waals surface area contributed by atoms with Crippen LogP contribution in [-0.4, -0.2) is 3.21 Å². The molecular formula is C43H48Cl2Zr. The third-order valence-electron chi connectivity index (χ3n) is 11.0. The number of benzene rings is 3. The molecule has 3 aromatic carbocycles. The second-order valence-electron chi connectivity index (χ2n) is 16.2. The van der Waals surface area contributed by atoms with Crippen molar-refractivity contribution in [3.05, 3.63) is 127 Å². The van der Waals surface area contributed by atoms with E-state index in [0.717, 1.165) is 0 Å². The van der Waals surface area contributed by atoms with Gasteiger partial charge in [0.15, 0.2) is 0 Å². The minimum atomic E-state index is -2.63. The first-order valence-corrected chi connectivity index (χ1v) is 20.4. The van der Waals surface area contributed by atoms with Gasteiger partial charge in [-0.15, -0.1) is 0 Å². The maximum atomic E-state index is 2.67. The smallest absolute Gasteiger partial charge is 1.00 e. The quantitative estimate of drug-likeness (QED) is 0.334. The summed E-state index contributed by atoms with van der Waals surface area (Å²) in [6, 6.07) is 21.9. The van der Waals surface area contributed by atoms with Gasteiger partial charge < -0.3 is 24.8 Å². The molecule has 0 radical (unpaired) electrons. The normalized spacial score (nSPS) is 20.2. The van der Waals surface area contributed by atoms with Crippen molar-refractivity contribution < 1.29 is 46.1 Å². The molecule has 0 aromatic heterocycles. The molecule has 0 fully saturated rings. The monoisotopic (exact) mass is 724 g/mol. The Morgan fingerprint density at radius 3 is 1.63 bits per heavy atom. The van der Waals surface area contributed by atoms with Crippen molar-refractivity contribution in [2.45, 2.75) is 90.6 Å². The van der Waals surface area contributed by atoms with Crippen LogP contribution in [0.4, 0.5) is 0 Å². The van der Waals surface area contributed by atoms with E-state index >= 15 is 0 Å². The van der Waals surface area contributed by atoms with Crippen molar-refractivity contribution in [1.29, 1.82) is 0 Å². The molecule has 0 aliphatic heterocycles. The topological polar surface area (TPSA) is 0 Å². The summed E-state index contributed by atoms with van der Waals surface area (Å²) in [5.41, 5.74) is 18.2. The van der Waals surface area contributed by atoms with E-state index in [1.165, 1.54) is 55.7 Å². The van der Waals surface area contributed by atoms with Gasteiger partial charge in [-0.05, 0) is 0 Å². The van der Waals surface area contributed by atoms with Crippen LogP contribution in [0.25, 0.3) is 22.3 Å². The zero-order valence-corrected chi connectivity index (χ0v) is 33.4. The minimum absolute atomic E-state index is 0. The standard InChI is InChI=1S/C25H25.C10H15.C8H8.2ClH.Zr/c1-14-12-24(3,4)22-8-16-7-17-9-23-19(15(2)13-25(23,5)6)11-21(17)20(16)10-18(14)22;1-8-5-6-9(7-8)10(2,3)4;1-2-8-6-4-3-5-7-8;;;/h7-13H,1-6H3;6-8H,1-4H3;3-7H,1H3;2*1H;/q;;;;;+2/p-2. The van der Waals surface area contributed by atoms with Crippen LogP contribution in [0.1, 0.15) is 119 Å². The second-order valence-corrected chi connectivity index (χ2v) is 22.9. The molecule has 46 heavy (non-hydrogen) atoms. The summed E-state index contributed by atoms with van der Waals surface area (Å²) in [5.74, 6) is 0.481. The van der Waals surface area contributed by atoms with Crippen molar-refractivity contribution in [3.8, 4) is 11.1 Å². The van der Waals surface area contributed by atoms with E-state index < -0.39 is 21.3 Å². The first kappa shape index (κ1) is 35.3. The van der Waals surface area contributed by atoms with E-state index in [-0.39, 0.29) is 41.1 Å². The van der Waals surface area contributed by atoms with Crippen molar-refractivity contribution in [1.82, 2.24) is 0 Å². The van der Waals surface area contributed by atoms with Gasteiger partial charge in [0, 0.05) is 0 Å². The molecule has 1 atom stereocenters. The van der Waals surface area contributed by atoms with Gasteiger partial charge in [-0.1, -0.05) is 0 Å². The predicted octanol–water partition coefficient (Wildman–Crippen LogP) is 5.52. The maximum Gasteiger partial charge on any atom is -1.00 e. The van der Waals surface area contributed by atoms with Crippen LogP contribution in [-0.2, 0) is 32.1 Å². The average molecular weight is 727 g/mol. The maximum absolute atomic E-state index is 2.67. The van der Waals surface area contributed by atoms with Gasteiger partial charge in [-0.25, -0.2) is 0 Å². The number of fused-ring (bicyclic) bond motifs is 5. The summed E-state index contributed by atoms with van der Waals surface area (Å²) in [7, 11) is 0. The van der Waals surface area contributed by atoms with Crippen molar-refractivity contribution in [2.24, 2.45) is 11.3 Å². The molecule has 0 spiro atoms. The Labute approximate surface area is 298 Å². The Bertz CT molecular complexity index is 1830. The van der Waals surface area contributed by atoms with E-state index in [4.69, 9.17) is 0 Å². The van der Waals surface area contributed by atoms with Crippen LogP contribution >= 0.6 is 0 Å². The molecule has 4 aliphatic rings. The molecule has 3 aromatic rings. The average Bonchev–Trinajstić information content (AvgIpc) is 3.62. The van der Waals surface area contributed by atoms with Crippen molar-refractivity contribution in [3.63, 3.8) is 0 Å². The van der Waals surface area contributed by atoms with Gasteiger partial charge in [0.25, 0.3) is 0 Å². The SMILES string of the molecule is CC1=CC(C)(C)c2cc3c(cc21)-c1cc2c(cc1[CH]3/[Zr+2]([C]1=CC(C(C)(C)C)=CC1C)=[C](\C)c1ccccc1)C(C)(C)C=C2C.[Cl-].[Cl-]. The Kier molecular flexibility index (Phi) is 9.07. The van der Waals surface area contributed by atoms with Gasteiger partial charge in [0.1, 0.15) is 0 Å². The third-order valence-corrected chi connectivity index (χ3v) is 19.6. The number of hydrogen-bond donors (Lipinski definition) is 0. The molecule has 0 nitrogen and oxygen atoms in total. The summed E-state index contributed by atoms with van der Waals surface area (Å²) in [5, 5.41) is 0. The van der Waals surface area contributed by atoms with Gasteiger partial charge in [0.2, 0.25) is 0 Å². The number of allylic oxidation sites excluding steroid dienone is 8. The van der Waals surface area contributed by atoms with Crippen LogP contribution < -0.4 is 24.8 Å². The largest absolute Gasteiger partial charge is 1.00 e. The minimum Gasteiger partial charge on any atom is -1.00 e. The van der Waals surface area contributed by atoms with Gasteiger partial charge in [-0.3, -0.25) is 0 Å². The van der Waals surface area contributed by atoms with Gasteiger partial charge in [-0.2, -0.15) is 0 Å². The van der Waals surface area contributed by atoms with Crippen LogP contribution in [0.15, 0.2) is 87.8 Å². The molecule has 0 N–H and O–H groups in total. The molecule has 238 valence electrons. The summed E-state index contributed by atoms with van der Waals surface area (Å²) < 4.78 is 3.88. The summed E-state index contributed by atoms with van der Waals surface area (Å²) >= 11 is -2.63. The third kappa shape index (κ3) is 5.42. The fourth-order valence-corrected chi connectivity index (χ4v) is 17.7. The molecule has 4 aliphatic carbocycles. The number of halogens is 2.